The van der Waals surface area contributed by atoms with Crippen LogP contribution in [0.1, 0.15) is 47.2 Å². The van der Waals surface area contributed by atoms with Gasteiger partial charge in [-0.25, -0.2) is 0 Å². The molecular weight excluding hydrogens is 677 g/mol. The molecular formula is C54H40N2. The van der Waals surface area contributed by atoms with Gasteiger partial charge >= 0.3 is 0 Å². The second-order valence-corrected chi connectivity index (χ2v) is 15.7. The molecule has 0 aliphatic heterocycles. The third-order valence-electron chi connectivity index (χ3n) is 12.5. The topological polar surface area (TPSA) is 8.17 Å². The maximum Gasteiger partial charge on any atom is 0.0713 e. The second-order valence-electron chi connectivity index (χ2n) is 15.7. The highest BCUT2D eigenvalue weighted by Crippen LogP contribution is 2.58. The Morgan fingerprint density at radius 2 is 0.964 bits per heavy atom. The monoisotopic (exact) mass is 716 g/mol. The average Bonchev–Trinajstić information content (AvgIpc) is 3.89. The molecule has 2 heteroatoms. The summed E-state index contributed by atoms with van der Waals surface area (Å²) in [6.07, 6.45) is 2.21. The van der Waals surface area contributed by atoms with Crippen molar-refractivity contribution in [3.05, 3.63) is 240 Å². The first-order chi connectivity index (χ1) is 27.5. The molecule has 2 nitrogen and oxygen atoms in total. The van der Waals surface area contributed by atoms with Crippen molar-refractivity contribution in [2.24, 2.45) is 0 Å². The number of para-hydroxylation sites is 3. The van der Waals surface area contributed by atoms with Crippen molar-refractivity contribution in [1.82, 2.24) is 4.57 Å². The number of benzene rings is 8. The fourth-order valence-corrected chi connectivity index (χ4v) is 9.98. The summed E-state index contributed by atoms with van der Waals surface area (Å²) >= 11 is 0. The lowest BCUT2D eigenvalue weighted by Crippen LogP contribution is -2.28. The summed E-state index contributed by atoms with van der Waals surface area (Å²) in [7, 11) is 0. The van der Waals surface area contributed by atoms with E-state index in [1.807, 2.05) is 0 Å². The van der Waals surface area contributed by atoms with Crippen molar-refractivity contribution in [2.75, 3.05) is 4.90 Å². The molecule has 266 valence electrons. The molecule has 1 aromatic heterocycles. The molecule has 0 bridgehead atoms. The van der Waals surface area contributed by atoms with Gasteiger partial charge in [0.25, 0.3) is 0 Å². The second kappa shape index (κ2) is 12.3. The highest BCUT2D eigenvalue weighted by molar-refractivity contribution is 5.93. The Morgan fingerprint density at radius 1 is 0.411 bits per heavy atom. The molecule has 0 spiro atoms. The number of nitrogens with zero attached hydrogens (tertiary/aromatic N) is 2. The zero-order chi connectivity index (χ0) is 37.4. The molecule has 0 amide bonds. The van der Waals surface area contributed by atoms with Gasteiger partial charge in [0.05, 0.1) is 22.3 Å². The Hall–Kier alpha value is -6.90. The first-order valence-electron chi connectivity index (χ1n) is 19.6. The van der Waals surface area contributed by atoms with E-state index in [9.17, 15) is 0 Å². The number of anilines is 3. The molecule has 11 rings (SSSR count). The highest BCUT2D eigenvalue weighted by Gasteiger charge is 2.46. The van der Waals surface area contributed by atoms with E-state index in [1.54, 1.807) is 0 Å². The Kier molecular flexibility index (Phi) is 7.15. The smallest absolute Gasteiger partial charge is 0.0713 e. The molecule has 9 aromatic rings. The average molecular weight is 717 g/mol. The van der Waals surface area contributed by atoms with Crippen molar-refractivity contribution >= 4 is 28.0 Å². The molecule has 2 aliphatic carbocycles. The number of rotatable bonds is 6. The summed E-state index contributed by atoms with van der Waals surface area (Å²) in [6, 6.07) is 74.0. The van der Waals surface area contributed by atoms with Crippen LogP contribution < -0.4 is 4.90 Å². The summed E-state index contributed by atoms with van der Waals surface area (Å²) in [4.78, 5) is 2.48. The summed E-state index contributed by atoms with van der Waals surface area (Å²) in [5.41, 5.74) is 18.2. The molecule has 8 aromatic carbocycles. The van der Waals surface area contributed by atoms with Crippen LogP contribution in [0.15, 0.2) is 206 Å². The van der Waals surface area contributed by atoms with Crippen molar-refractivity contribution in [3.8, 4) is 27.9 Å². The lowest BCUT2D eigenvalue weighted by Gasteiger charge is -2.34. The van der Waals surface area contributed by atoms with Crippen LogP contribution in [0.4, 0.5) is 17.1 Å². The fraction of sp³-hybridized carbons (Fsp3) is 0.0741. The largest absolute Gasteiger partial charge is 0.315 e. The Morgan fingerprint density at radius 3 is 1.73 bits per heavy atom. The maximum absolute atomic E-state index is 2.48. The van der Waals surface area contributed by atoms with Gasteiger partial charge in [-0.3, -0.25) is 0 Å². The molecule has 0 fully saturated rings. The van der Waals surface area contributed by atoms with Gasteiger partial charge in [0.1, 0.15) is 0 Å². The van der Waals surface area contributed by atoms with E-state index < -0.39 is 5.41 Å². The van der Waals surface area contributed by atoms with E-state index in [2.05, 4.69) is 230 Å². The molecule has 0 unspecified atom stereocenters. The minimum atomic E-state index is -0.455. The van der Waals surface area contributed by atoms with Crippen LogP contribution >= 0.6 is 0 Å². The van der Waals surface area contributed by atoms with E-state index in [-0.39, 0.29) is 5.41 Å². The molecule has 0 saturated carbocycles. The van der Waals surface area contributed by atoms with Crippen LogP contribution in [0.25, 0.3) is 38.8 Å². The first-order valence-corrected chi connectivity index (χ1v) is 19.6. The molecule has 56 heavy (non-hydrogen) atoms. The molecule has 0 radical (unpaired) electrons. The van der Waals surface area contributed by atoms with Crippen LogP contribution in [-0.2, 0) is 10.8 Å². The molecule has 0 atom stereocenters. The number of hydrogen-bond donors (Lipinski definition) is 0. The summed E-state index contributed by atoms with van der Waals surface area (Å²) in [5, 5.41) is 1.22. The van der Waals surface area contributed by atoms with Gasteiger partial charge in [-0.15, -0.1) is 0 Å². The van der Waals surface area contributed by atoms with Gasteiger partial charge in [0.15, 0.2) is 0 Å². The lowest BCUT2D eigenvalue weighted by atomic mass is 9.68. The van der Waals surface area contributed by atoms with E-state index in [4.69, 9.17) is 0 Å². The van der Waals surface area contributed by atoms with E-state index in [1.165, 1.54) is 66.5 Å². The molecule has 2 aliphatic rings. The third kappa shape index (κ3) is 4.56. The Bertz CT molecular complexity index is 2910. The van der Waals surface area contributed by atoms with Crippen LogP contribution in [0.3, 0.4) is 0 Å². The van der Waals surface area contributed by atoms with Crippen molar-refractivity contribution in [2.45, 2.75) is 24.7 Å². The van der Waals surface area contributed by atoms with Crippen LogP contribution in [0.5, 0.6) is 0 Å². The summed E-state index contributed by atoms with van der Waals surface area (Å²) in [5.74, 6) is 0. The Balaban J connectivity index is 1.18. The SMILES string of the molecule is CC1(C)c2ccccc2-c2ccc(N(c3ccc4c(c3)-c3ccccc3C4(c3ccccc3)c3ccccc3)c3ccccc3-n3ccc4ccccc43)cc21. The highest BCUT2D eigenvalue weighted by atomic mass is 15.2. The normalized spacial score (nSPS) is 14.2. The number of fused-ring (bicyclic) bond motifs is 7. The number of hydrogen-bond acceptors (Lipinski definition) is 1. The minimum absolute atomic E-state index is 0.133. The zero-order valence-electron chi connectivity index (χ0n) is 31.5. The van der Waals surface area contributed by atoms with Gasteiger partial charge < -0.3 is 9.47 Å². The van der Waals surface area contributed by atoms with E-state index in [0.717, 1.165) is 22.7 Å². The zero-order valence-corrected chi connectivity index (χ0v) is 31.5. The van der Waals surface area contributed by atoms with Crippen molar-refractivity contribution in [1.29, 1.82) is 0 Å². The molecule has 0 saturated heterocycles. The van der Waals surface area contributed by atoms with Crippen molar-refractivity contribution < 1.29 is 0 Å². The minimum Gasteiger partial charge on any atom is -0.315 e. The summed E-state index contributed by atoms with van der Waals surface area (Å²) in [6.45, 7) is 4.73. The van der Waals surface area contributed by atoms with Crippen LogP contribution in [0, 0.1) is 0 Å². The van der Waals surface area contributed by atoms with Gasteiger partial charge in [0, 0.05) is 23.0 Å². The molecule has 1 heterocycles. The lowest BCUT2D eigenvalue weighted by molar-refractivity contribution is 0.660. The third-order valence-corrected chi connectivity index (χ3v) is 12.5. The van der Waals surface area contributed by atoms with Crippen LogP contribution in [-0.4, -0.2) is 4.57 Å². The van der Waals surface area contributed by atoms with Gasteiger partial charge in [-0.2, -0.15) is 0 Å². The maximum atomic E-state index is 2.48. The number of aromatic nitrogens is 1. The first kappa shape index (κ1) is 32.5. The fourth-order valence-electron chi connectivity index (χ4n) is 9.98. The van der Waals surface area contributed by atoms with E-state index >= 15 is 0 Å². The van der Waals surface area contributed by atoms with Gasteiger partial charge in [0.2, 0.25) is 0 Å². The Labute approximate surface area is 328 Å². The standard InChI is InChI=1S/C54H40N2/c1-53(2)46-24-12-10-22-42(46)44-31-29-41(36-49(44)53)56(52-28-16-15-27-51(52)55-34-33-37-17-9-14-26-50(37)55)40-30-32-48-45(35-40)43-23-11-13-25-47(43)54(48,38-18-5-3-6-19-38)39-20-7-4-8-21-39/h3-36H,1-2H3. The van der Waals surface area contributed by atoms with Gasteiger partial charge in [-0.05, 0) is 110 Å². The van der Waals surface area contributed by atoms with Gasteiger partial charge in [-0.1, -0.05) is 166 Å². The summed E-state index contributed by atoms with van der Waals surface area (Å²) < 4.78 is 2.34. The predicted octanol–water partition coefficient (Wildman–Crippen LogP) is 13.8. The predicted molar refractivity (Wildman–Crippen MR) is 233 cm³/mol. The molecule has 0 N–H and O–H groups in total. The van der Waals surface area contributed by atoms with Crippen molar-refractivity contribution in [3.63, 3.8) is 0 Å². The quantitative estimate of drug-likeness (QED) is 0.166. The van der Waals surface area contributed by atoms with E-state index in [0.29, 0.717) is 0 Å². The van der Waals surface area contributed by atoms with Crippen LogP contribution in [0.2, 0.25) is 0 Å².